The van der Waals surface area contributed by atoms with Gasteiger partial charge >= 0.3 is 0 Å². The zero-order valence-electron chi connectivity index (χ0n) is 9.81. The topological polar surface area (TPSA) is 54.9 Å². The molecule has 0 saturated heterocycles. The number of thioether (sulfide) groups is 1. The summed E-state index contributed by atoms with van der Waals surface area (Å²) in [6, 6.07) is 3.94. The van der Waals surface area contributed by atoms with Crippen LogP contribution in [0.4, 0.5) is 9.52 Å². The number of hydrogen-bond donors (Lipinski definition) is 1. The summed E-state index contributed by atoms with van der Waals surface area (Å²) in [6.45, 7) is 2.01. The Kier molecular flexibility index (Phi) is 4.89. The molecule has 1 amide bonds. The van der Waals surface area contributed by atoms with E-state index in [1.807, 2.05) is 6.92 Å². The van der Waals surface area contributed by atoms with E-state index >= 15 is 0 Å². The van der Waals surface area contributed by atoms with Gasteiger partial charge in [0, 0.05) is 4.47 Å². The molecule has 1 N–H and O–H groups in total. The van der Waals surface area contributed by atoms with Gasteiger partial charge in [-0.15, -0.1) is 10.2 Å². The summed E-state index contributed by atoms with van der Waals surface area (Å²) in [4.78, 5) is 12.0. The summed E-state index contributed by atoms with van der Waals surface area (Å²) < 4.78 is 14.4. The van der Waals surface area contributed by atoms with Gasteiger partial charge < -0.3 is 0 Å². The first kappa shape index (κ1) is 14.4. The molecule has 0 unspecified atom stereocenters. The van der Waals surface area contributed by atoms with E-state index in [9.17, 15) is 9.18 Å². The lowest BCUT2D eigenvalue weighted by atomic mass is 10.2. The van der Waals surface area contributed by atoms with E-state index in [2.05, 4.69) is 31.4 Å². The minimum Gasteiger partial charge on any atom is -0.296 e. The number of rotatable bonds is 4. The van der Waals surface area contributed by atoms with Crippen LogP contribution in [0.2, 0.25) is 0 Å². The molecule has 0 spiro atoms. The van der Waals surface area contributed by atoms with Crippen molar-refractivity contribution < 1.29 is 9.18 Å². The summed E-state index contributed by atoms with van der Waals surface area (Å²) in [5, 5.41) is 10.8. The van der Waals surface area contributed by atoms with E-state index < -0.39 is 11.7 Å². The molecule has 0 fully saturated rings. The van der Waals surface area contributed by atoms with Crippen molar-refractivity contribution in [2.75, 3.05) is 11.1 Å². The number of hydrogen-bond acceptors (Lipinski definition) is 5. The maximum absolute atomic E-state index is 13.1. The molecular weight excluding hydrogens is 353 g/mol. The summed E-state index contributed by atoms with van der Waals surface area (Å²) >= 11 is 6.05. The molecule has 0 saturated carbocycles. The van der Waals surface area contributed by atoms with Gasteiger partial charge in [0.2, 0.25) is 5.13 Å². The van der Waals surface area contributed by atoms with Crippen molar-refractivity contribution in [1.29, 1.82) is 0 Å². The molecule has 100 valence electrons. The Morgan fingerprint density at radius 2 is 2.32 bits per heavy atom. The van der Waals surface area contributed by atoms with Crippen molar-refractivity contribution in [2.24, 2.45) is 0 Å². The Balaban J connectivity index is 2.13. The average molecular weight is 362 g/mol. The molecule has 1 heterocycles. The Morgan fingerprint density at radius 1 is 1.53 bits per heavy atom. The van der Waals surface area contributed by atoms with Crippen LogP contribution in [0, 0.1) is 5.82 Å². The van der Waals surface area contributed by atoms with Crippen molar-refractivity contribution in [3.05, 3.63) is 34.1 Å². The maximum Gasteiger partial charge on any atom is 0.258 e. The van der Waals surface area contributed by atoms with Gasteiger partial charge in [-0.1, -0.05) is 30.0 Å². The van der Waals surface area contributed by atoms with Gasteiger partial charge in [-0.3, -0.25) is 10.1 Å². The largest absolute Gasteiger partial charge is 0.296 e. The molecule has 0 atom stereocenters. The zero-order chi connectivity index (χ0) is 13.8. The molecule has 0 aliphatic carbocycles. The number of amides is 1. The molecule has 2 rings (SSSR count). The zero-order valence-corrected chi connectivity index (χ0v) is 13.0. The fourth-order valence-corrected chi connectivity index (χ4v) is 3.35. The van der Waals surface area contributed by atoms with Crippen molar-refractivity contribution >= 4 is 50.1 Å². The Bertz CT molecular complexity index is 605. The van der Waals surface area contributed by atoms with Crippen LogP contribution in [-0.4, -0.2) is 21.9 Å². The monoisotopic (exact) mass is 361 g/mol. The lowest BCUT2D eigenvalue weighted by Gasteiger charge is -2.03. The molecule has 2 aromatic rings. The molecule has 19 heavy (non-hydrogen) atoms. The van der Waals surface area contributed by atoms with Crippen LogP contribution in [0.25, 0.3) is 0 Å². The molecule has 8 heteroatoms. The highest BCUT2D eigenvalue weighted by molar-refractivity contribution is 9.10. The van der Waals surface area contributed by atoms with Crippen LogP contribution >= 0.6 is 39.0 Å². The average Bonchev–Trinajstić information content (AvgIpc) is 2.80. The van der Waals surface area contributed by atoms with Gasteiger partial charge in [-0.25, -0.2) is 4.39 Å². The van der Waals surface area contributed by atoms with Gasteiger partial charge in [-0.05, 0) is 39.9 Å². The minimum atomic E-state index is -0.465. The Morgan fingerprint density at radius 3 is 3.05 bits per heavy atom. The number of anilines is 1. The lowest BCUT2D eigenvalue weighted by molar-refractivity contribution is 0.102. The number of nitrogens with zero attached hydrogens (tertiary/aromatic N) is 2. The van der Waals surface area contributed by atoms with Gasteiger partial charge in [0.05, 0.1) is 5.56 Å². The second-order valence-electron chi connectivity index (χ2n) is 3.38. The fourth-order valence-electron chi connectivity index (χ4n) is 1.28. The van der Waals surface area contributed by atoms with Crippen molar-refractivity contribution in [2.45, 2.75) is 11.3 Å². The number of carbonyl (C=O) groups excluding carboxylic acids is 1. The van der Waals surface area contributed by atoms with E-state index in [0.717, 1.165) is 10.1 Å². The SMILES string of the molecule is CCSc1nnc(NC(=O)c2cc(F)ccc2Br)s1. The van der Waals surface area contributed by atoms with Crippen LogP contribution < -0.4 is 5.32 Å². The molecule has 0 bridgehead atoms. The van der Waals surface area contributed by atoms with Crippen molar-refractivity contribution in [3.63, 3.8) is 0 Å². The molecular formula is C11H9BrFN3OS2. The third kappa shape index (κ3) is 3.74. The standard InChI is InChI=1S/C11H9BrFN3OS2/c1-2-18-11-16-15-10(19-11)14-9(17)7-5-6(13)3-4-8(7)12/h3-5H,2H2,1H3,(H,14,15,17). The van der Waals surface area contributed by atoms with Gasteiger partial charge in [0.1, 0.15) is 5.82 Å². The third-order valence-electron chi connectivity index (χ3n) is 2.07. The van der Waals surface area contributed by atoms with E-state index in [1.165, 1.54) is 29.5 Å². The van der Waals surface area contributed by atoms with Crippen molar-refractivity contribution in [3.8, 4) is 0 Å². The van der Waals surface area contributed by atoms with Crippen LogP contribution in [0.1, 0.15) is 17.3 Å². The predicted molar refractivity (Wildman–Crippen MR) is 78.4 cm³/mol. The van der Waals surface area contributed by atoms with Gasteiger partial charge in [0.15, 0.2) is 4.34 Å². The first-order valence-electron chi connectivity index (χ1n) is 5.33. The smallest absolute Gasteiger partial charge is 0.258 e. The summed E-state index contributed by atoms with van der Waals surface area (Å²) in [5.41, 5.74) is 0.222. The van der Waals surface area contributed by atoms with Crippen LogP contribution in [0.5, 0.6) is 0 Å². The summed E-state index contributed by atoms with van der Waals surface area (Å²) in [6.07, 6.45) is 0. The minimum absolute atomic E-state index is 0.222. The number of benzene rings is 1. The summed E-state index contributed by atoms with van der Waals surface area (Å²) in [7, 11) is 0. The van der Waals surface area contributed by atoms with E-state index in [1.54, 1.807) is 11.8 Å². The number of carbonyl (C=O) groups is 1. The van der Waals surface area contributed by atoms with Crippen molar-refractivity contribution in [1.82, 2.24) is 10.2 Å². The maximum atomic E-state index is 13.1. The highest BCUT2D eigenvalue weighted by Crippen LogP contribution is 2.26. The number of nitrogens with one attached hydrogen (secondary N) is 1. The summed E-state index contributed by atoms with van der Waals surface area (Å²) in [5.74, 6) is 0.00120. The number of aromatic nitrogens is 2. The van der Waals surface area contributed by atoms with Gasteiger partial charge in [-0.2, -0.15) is 0 Å². The molecule has 1 aromatic heterocycles. The first-order chi connectivity index (χ1) is 9.10. The van der Waals surface area contributed by atoms with E-state index in [-0.39, 0.29) is 5.56 Å². The molecule has 0 aliphatic rings. The third-order valence-corrected chi connectivity index (χ3v) is 4.61. The molecule has 1 aromatic carbocycles. The fraction of sp³-hybridized carbons (Fsp3) is 0.182. The van der Waals surface area contributed by atoms with E-state index in [4.69, 9.17) is 0 Å². The Labute approximate surface area is 125 Å². The van der Waals surface area contributed by atoms with Crippen LogP contribution in [0.15, 0.2) is 27.0 Å². The quantitative estimate of drug-likeness (QED) is 0.664. The second kappa shape index (κ2) is 6.44. The lowest BCUT2D eigenvalue weighted by Crippen LogP contribution is -2.12. The van der Waals surface area contributed by atoms with E-state index in [0.29, 0.717) is 9.60 Å². The highest BCUT2D eigenvalue weighted by atomic mass is 79.9. The van der Waals surface area contributed by atoms with Crippen LogP contribution in [0.3, 0.4) is 0 Å². The van der Waals surface area contributed by atoms with Gasteiger partial charge in [0.25, 0.3) is 5.91 Å². The number of halogens is 2. The normalized spacial score (nSPS) is 10.5. The Hall–Kier alpha value is -0.990. The van der Waals surface area contributed by atoms with Crippen LogP contribution in [-0.2, 0) is 0 Å². The molecule has 0 aliphatic heterocycles. The molecule has 4 nitrogen and oxygen atoms in total. The predicted octanol–water partition coefficient (Wildman–Crippen LogP) is 3.80. The highest BCUT2D eigenvalue weighted by Gasteiger charge is 2.14. The first-order valence-corrected chi connectivity index (χ1v) is 7.92. The molecule has 0 radical (unpaired) electrons. The second-order valence-corrected chi connectivity index (χ2v) is 6.73.